The second-order valence-electron chi connectivity index (χ2n) is 6.73. The van der Waals surface area contributed by atoms with Crippen molar-refractivity contribution in [3.05, 3.63) is 82.0 Å². The molecule has 136 valence electrons. The lowest BCUT2D eigenvalue weighted by Crippen LogP contribution is -2.04. The van der Waals surface area contributed by atoms with E-state index in [4.69, 9.17) is 0 Å². The van der Waals surface area contributed by atoms with Gasteiger partial charge >= 0.3 is 6.18 Å². The Labute approximate surface area is 159 Å². The van der Waals surface area contributed by atoms with Crippen molar-refractivity contribution in [3.63, 3.8) is 0 Å². The minimum absolute atomic E-state index is 0.627. The fourth-order valence-electron chi connectivity index (χ4n) is 3.46. The molecule has 0 aliphatic heterocycles. The van der Waals surface area contributed by atoms with Crippen molar-refractivity contribution in [3.8, 4) is 22.3 Å². The molecule has 4 rings (SSSR count). The minimum Gasteiger partial charge on any atom is -0.166 e. The third kappa shape index (κ3) is 3.26. The van der Waals surface area contributed by atoms with Crippen LogP contribution in [0, 0.1) is 13.8 Å². The first-order valence-electron chi connectivity index (χ1n) is 8.59. The number of aryl methyl sites for hydroxylation is 2. The van der Waals surface area contributed by atoms with Gasteiger partial charge in [-0.05, 0) is 99.1 Å². The third-order valence-corrected chi connectivity index (χ3v) is 5.60. The first kappa shape index (κ1) is 17.8. The summed E-state index contributed by atoms with van der Waals surface area (Å²) < 4.78 is 38.8. The number of hydrogen-bond donors (Lipinski definition) is 0. The van der Waals surface area contributed by atoms with Gasteiger partial charge in [-0.3, -0.25) is 0 Å². The van der Waals surface area contributed by atoms with E-state index in [0.717, 1.165) is 56.3 Å². The molecule has 0 radical (unpaired) electrons. The van der Waals surface area contributed by atoms with Gasteiger partial charge in [0.15, 0.2) is 0 Å². The summed E-state index contributed by atoms with van der Waals surface area (Å²) in [7, 11) is 0. The summed E-state index contributed by atoms with van der Waals surface area (Å²) in [5, 5.41) is 6.34. The second-order valence-corrected chi connectivity index (χ2v) is 7.51. The van der Waals surface area contributed by atoms with Gasteiger partial charge in [0.05, 0.1) is 5.56 Å². The predicted octanol–water partition coefficient (Wildman–Crippen LogP) is 7.87. The summed E-state index contributed by atoms with van der Waals surface area (Å²) in [5.41, 5.74) is 5.59. The molecule has 3 aromatic carbocycles. The van der Waals surface area contributed by atoms with Gasteiger partial charge in [0.2, 0.25) is 0 Å². The molecule has 0 nitrogen and oxygen atoms in total. The maximum atomic E-state index is 12.9. The Morgan fingerprint density at radius 3 is 2.07 bits per heavy atom. The standard InChI is InChI=1S/C23H17F3S/c1-14-3-4-15(2)22-20(14)11-18(17-9-10-27-13-17)12-21(22)16-5-7-19(8-6-16)23(24,25)26/h3-13H,1-2H3. The van der Waals surface area contributed by atoms with Crippen molar-refractivity contribution >= 4 is 22.1 Å². The molecule has 0 bridgehead atoms. The number of rotatable bonds is 2. The molecule has 4 aromatic rings. The molecule has 0 amide bonds. The van der Waals surface area contributed by atoms with Crippen molar-refractivity contribution in [2.75, 3.05) is 0 Å². The topological polar surface area (TPSA) is 0 Å². The van der Waals surface area contributed by atoms with Gasteiger partial charge in [0.1, 0.15) is 0 Å². The molecular formula is C23H17F3S. The summed E-state index contributed by atoms with van der Waals surface area (Å²) in [6.45, 7) is 4.11. The fourth-order valence-corrected chi connectivity index (χ4v) is 4.13. The molecule has 0 saturated carbocycles. The molecule has 0 N–H and O–H groups in total. The molecule has 0 aliphatic carbocycles. The number of alkyl halides is 3. The Balaban J connectivity index is 1.99. The van der Waals surface area contributed by atoms with E-state index in [-0.39, 0.29) is 0 Å². The molecule has 1 heterocycles. The maximum absolute atomic E-state index is 12.9. The zero-order chi connectivity index (χ0) is 19.2. The molecule has 1 aromatic heterocycles. The second kappa shape index (κ2) is 6.54. The van der Waals surface area contributed by atoms with E-state index in [0.29, 0.717) is 0 Å². The SMILES string of the molecule is Cc1ccc(C)c2c(-c3ccc(C(F)(F)F)cc3)cc(-c3ccsc3)cc12. The molecule has 27 heavy (non-hydrogen) atoms. The van der Waals surface area contributed by atoms with E-state index < -0.39 is 11.7 Å². The minimum atomic E-state index is -4.33. The lowest BCUT2D eigenvalue weighted by atomic mass is 9.89. The molecule has 0 aliphatic rings. The summed E-state index contributed by atoms with van der Waals surface area (Å²) in [6.07, 6.45) is -4.33. The van der Waals surface area contributed by atoms with E-state index >= 15 is 0 Å². The van der Waals surface area contributed by atoms with Gasteiger partial charge in [-0.2, -0.15) is 24.5 Å². The highest BCUT2D eigenvalue weighted by Crippen LogP contribution is 2.39. The normalized spacial score (nSPS) is 11.9. The Bertz CT molecular complexity index is 1110. The van der Waals surface area contributed by atoms with Gasteiger partial charge in [-0.15, -0.1) is 0 Å². The summed E-state index contributed by atoms with van der Waals surface area (Å²) in [4.78, 5) is 0. The van der Waals surface area contributed by atoms with Crippen molar-refractivity contribution in [1.82, 2.24) is 0 Å². The molecule has 0 spiro atoms. The van der Waals surface area contributed by atoms with Crippen LogP contribution in [0.15, 0.2) is 65.4 Å². The maximum Gasteiger partial charge on any atom is 0.416 e. The van der Waals surface area contributed by atoms with E-state index in [2.05, 4.69) is 42.6 Å². The zero-order valence-corrected chi connectivity index (χ0v) is 15.7. The zero-order valence-electron chi connectivity index (χ0n) is 14.9. The smallest absolute Gasteiger partial charge is 0.166 e. The van der Waals surface area contributed by atoms with Crippen LogP contribution in [0.1, 0.15) is 16.7 Å². The highest BCUT2D eigenvalue weighted by Gasteiger charge is 2.30. The average molecular weight is 382 g/mol. The van der Waals surface area contributed by atoms with E-state index in [1.54, 1.807) is 23.5 Å². The molecule has 0 saturated heterocycles. The lowest BCUT2D eigenvalue weighted by molar-refractivity contribution is -0.137. The predicted molar refractivity (Wildman–Crippen MR) is 107 cm³/mol. The van der Waals surface area contributed by atoms with Crippen molar-refractivity contribution < 1.29 is 13.2 Å². The van der Waals surface area contributed by atoms with Crippen LogP contribution in [0.4, 0.5) is 13.2 Å². The van der Waals surface area contributed by atoms with Crippen molar-refractivity contribution in [1.29, 1.82) is 0 Å². The van der Waals surface area contributed by atoms with Gasteiger partial charge in [-0.25, -0.2) is 0 Å². The average Bonchev–Trinajstić information content (AvgIpc) is 3.18. The molecule has 0 atom stereocenters. The molecule has 4 heteroatoms. The van der Waals surface area contributed by atoms with E-state index in [1.807, 2.05) is 12.3 Å². The number of hydrogen-bond acceptors (Lipinski definition) is 1. The monoisotopic (exact) mass is 382 g/mol. The van der Waals surface area contributed by atoms with Crippen LogP contribution in [-0.4, -0.2) is 0 Å². The van der Waals surface area contributed by atoms with E-state index in [1.165, 1.54) is 0 Å². The van der Waals surface area contributed by atoms with Crippen LogP contribution in [0.3, 0.4) is 0 Å². The van der Waals surface area contributed by atoms with Gasteiger partial charge in [-0.1, -0.05) is 24.3 Å². The number of fused-ring (bicyclic) bond motifs is 1. The molecular weight excluding hydrogens is 365 g/mol. The van der Waals surface area contributed by atoms with Gasteiger partial charge < -0.3 is 0 Å². The quantitative estimate of drug-likeness (QED) is 0.331. The van der Waals surface area contributed by atoms with Crippen LogP contribution in [-0.2, 0) is 6.18 Å². The van der Waals surface area contributed by atoms with Crippen molar-refractivity contribution in [2.24, 2.45) is 0 Å². The van der Waals surface area contributed by atoms with Gasteiger partial charge in [0.25, 0.3) is 0 Å². The lowest BCUT2D eigenvalue weighted by Gasteiger charge is -2.15. The van der Waals surface area contributed by atoms with Crippen LogP contribution < -0.4 is 0 Å². The Morgan fingerprint density at radius 1 is 0.741 bits per heavy atom. The third-order valence-electron chi connectivity index (χ3n) is 4.92. The van der Waals surface area contributed by atoms with Crippen LogP contribution in [0.2, 0.25) is 0 Å². The number of thiophene rings is 1. The Kier molecular flexibility index (Phi) is 4.31. The number of halogens is 3. The molecule has 0 fully saturated rings. The van der Waals surface area contributed by atoms with E-state index in [9.17, 15) is 13.2 Å². The van der Waals surface area contributed by atoms with Crippen LogP contribution in [0.25, 0.3) is 33.0 Å². The first-order chi connectivity index (χ1) is 12.8. The molecule has 0 unspecified atom stereocenters. The fraction of sp³-hybridized carbons (Fsp3) is 0.130. The highest BCUT2D eigenvalue weighted by molar-refractivity contribution is 7.08. The summed E-state index contributed by atoms with van der Waals surface area (Å²) in [5.74, 6) is 0. The largest absolute Gasteiger partial charge is 0.416 e. The number of benzene rings is 3. The van der Waals surface area contributed by atoms with Crippen molar-refractivity contribution in [2.45, 2.75) is 20.0 Å². The first-order valence-corrected chi connectivity index (χ1v) is 9.53. The summed E-state index contributed by atoms with van der Waals surface area (Å²) in [6, 6.07) is 15.9. The highest BCUT2D eigenvalue weighted by atomic mass is 32.1. The van der Waals surface area contributed by atoms with Gasteiger partial charge in [0, 0.05) is 0 Å². The Hall–Kier alpha value is -2.59. The summed E-state index contributed by atoms with van der Waals surface area (Å²) >= 11 is 1.63. The van der Waals surface area contributed by atoms with Crippen LogP contribution in [0.5, 0.6) is 0 Å². The Morgan fingerprint density at radius 2 is 1.44 bits per heavy atom. The van der Waals surface area contributed by atoms with Crippen LogP contribution >= 0.6 is 11.3 Å².